The van der Waals surface area contributed by atoms with Crippen molar-refractivity contribution in [1.82, 2.24) is 4.90 Å². The van der Waals surface area contributed by atoms with Crippen LogP contribution in [0.5, 0.6) is 0 Å². The average molecular weight is 341 g/mol. The lowest BCUT2D eigenvalue weighted by atomic mass is 10.0. The highest BCUT2D eigenvalue weighted by Crippen LogP contribution is 2.25. The number of aliphatic carboxylic acids is 1. The maximum absolute atomic E-state index is 12.3. The molecule has 25 heavy (non-hydrogen) atoms. The number of carboxylic acids is 1. The predicted molar refractivity (Wildman–Crippen MR) is 95.1 cm³/mol. The lowest BCUT2D eigenvalue weighted by Gasteiger charge is -2.23. The van der Waals surface area contributed by atoms with E-state index >= 15 is 0 Å². The molecule has 0 radical (unpaired) electrons. The Hall–Kier alpha value is -2.66. The first-order chi connectivity index (χ1) is 12.0. The van der Waals surface area contributed by atoms with Gasteiger partial charge in [-0.05, 0) is 11.1 Å². The van der Waals surface area contributed by atoms with E-state index in [0.717, 1.165) is 11.1 Å². The molecule has 0 saturated heterocycles. The predicted octanol–water partition coefficient (Wildman–Crippen LogP) is 2.97. The highest BCUT2D eigenvalue weighted by atomic mass is 16.5. The van der Waals surface area contributed by atoms with Crippen LogP contribution in [0.4, 0.5) is 0 Å². The maximum atomic E-state index is 12.3. The molecule has 1 N–H and O–H groups in total. The smallest absolute Gasteiger partial charge is 0.308 e. The number of carbonyl (C=O) groups excluding carboxylic acids is 1. The lowest BCUT2D eigenvalue weighted by molar-refractivity contribution is -0.143. The van der Waals surface area contributed by atoms with E-state index in [1.54, 1.807) is 14.0 Å². The van der Waals surface area contributed by atoms with Crippen LogP contribution < -0.4 is 0 Å². The zero-order valence-corrected chi connectivity index (χ0v) is 14.5. The summed E-state index contributed by atoms with van der Waals surface area (Å²) in [6, 6.07) is 19.4. The summed E-state index contributed by atoms with van der Waals surface area (Å²) in [5.74, 6) is -1.79. The van der Waals surface area contributed by atoms with E-state index in [0.29, 0.717) is 0 Å². The first kappa shape index (κ1) is 18.7. The fourth-order valence-electron chi connectivity index (χ4n) is 2.50. The Morgan fingerprint density at radius 2 is 1.48 bits per heavy atom. The molecular weight excluding hydrogens is 318 g/mol. The molecule has 0 aliphatic heterocycles. The Balaban J connectivity index is 2.05. The minimum atomic E-state index is -0.924. The van der Waals surface area contributed by atoms with Gasteiger partial charge in [0.25, 0.3) is 0 Å². The summed E-state index contributed by atoms with van der Waals surface area (Å²) >= 11 is 0. The molecule has 132 valence electrons. The Bertz CT molecular complexity index is 648. The van der Waals surface area contributed by atoms with Crippen molar-refractivity contribution in [3.8, 4) is 0 Å². The van der Waals surface area contributed by atoms with Crippen molar-refractivity contribution in [3.63, 3.8) is 0 Å². The molecule has 0 bridgehead atoms. The number of carbonyl (C=O) groups is 2. The molecule has 1 amide bonds. The van der Waals surface area contributed by atoms with Crippen LogP contribution in [0.2, 0.25) is 0 Å². The van der Waals surface area contributed by atoms with Gasteiger partial charge in [-0.1, -0.05) is 67.6 Å². The molecule has 0 aliphatic carbocycles. The quantitative estimate of drug-likeness (QED) is 0.801. The Kier molecular flexibility index (Phi) is 6.71. The van der Waals surface area contributed by atoms with Crippen LogP contribution in [-0.2, 0) is 14.3 Å². The monoisotopic (exact) mass is 341 g/mol. The summed E-state index contributed by atoms with van der Waals surface area (Å²) in [4.78, 5) is 24.6. The normalized spacial score (nSPS) is 12.0. The van der Waals surface area contributed by atoms with Crippen LogP contribution in [0.1, 0.15) is 24.2 Å². The number of hydrogen-bond donors (Lipinski definition) is 1. The number of likely N-dealkylation sites (N-methyl/N-ethyl adjacent to an activating group) is 1. The van der Waals surface area contributed by atoms with E-state index in [4.69, 9.17) is 9.84 Å². The summed E-state index contributed by atoms with van der Waals surface area (Å²) in [6.45, 7) is 1.61. The second kappa shape index (κ2) is 8.99. The van der Waals surface area contributed by atoms with Crippen LogP contribution in [-0.4, -0.2) is 42.1 Å². The summed E-state index contributed by atoms with van der Waals surface area (Å²) < 4.78 is 5.90. The zero-order chi connectivity index (χ0) is 18.2. The standard InChI is InChI=1S/C20H23NO4/c1-15(20(23)24)13-21(2)18(22)14-25-19(16-9-5-3-6-10-16)17-11-7-4-8-12-17/h3-12,15,19H,13-14H2,1-2H3,(H,23,24). The highest BCUT2D eigenvalue weighted by Gasteiger charge is 2.20. The Morgan fingerprint density at radius 1 is 1.00 bits per heavy atom. The van der Waals surface area contributed by atoms with Gasteiger partial charge in [-0.15, -0.1) is 0 Å². The molecule has 5 heteroatoms. The van der Waals surface area contributed by atoms with Gasteiger partial charge in [-0.2, -0.15) is 0 Å². The van der Waals surface area contributed by atoms with Crippen LogP contribution in [0, 0.1) is 5.92 Å². The van der Waals surface area contributed by atoms with Crippen molar-refractivity contribution < 1.29 is 19.4 Å². The van der Waals surface area contributed by atoms with Crippen molar-refractivity contribution >= 4 is 11.9 Å². The van der Waals surface area contributed by atoms with E-state index < -0.39 is 11.9 Å². The topological polar surface area (TPSA) is 66.8 Å². The van der Waals surface area contributed by atoms with E-state index in [9.17, 15) is 9.59 Å². The largest absolute Gasteiger partial charge is 0.481 e. The van der Waals surface area contributed by atoms with E-state index in [1.807, 2.05) is 60.7 Å². The lowest BCUT2D eigenvalue weighted by Crippen LogP contribution is -2.36. The third-order valence-corrected chi connectivity index (χ3v) is 3.97. The van der Waals surface area contributed by atoms with Gasteiger partial charge in [0.15, 0.2) is 0 Å². The van der Waals surface area contributed by atoms with Crippen molar-refractivity contribution in [3.05, 3.63) is 71.8 Å². The molecule has 1 atom stereocenters. The molecule has 2 aromatic carbocycles. The van der Waals surface area contributed by atoms with Gasteiger partial charge in [0.1, 0.15) is 12.7 Å². The summed E-state index contributed by atoms with van der Waals surface area (Å²) in [6.07, 6.45) is -0.350. The second-order valence-corrected chi connectivity index (χ2v) is 6.03. The molecule has 0 heterocycles. The number of ether oxygens (including phenoxy) is 1. The molecular formula is C20H23NO4. The molecule has 2 aromatic rings. The SMILES string of the molecule is CC(CN(C)C(=O)COC(c1ccccc1)c1ccccc1)C(=O)O. The highest BCUT2D eigenvalue weighted by molar-refractivity contribution is 5.78. The van der Waals surface area contributed by atoms with Gasteiger partial charge in [0.05, 0.1) is 5.92 Å². The van der Waals surface area contributed by atoms with Gasteiger partial charge in [-0.3, -0.25) is 9.59 Å². The summed E-state index contributed by atoms with van der Waals surface area (Å²) in [7, 11) is 1.59. The van der Waals surface area contributed by atoms with Gasteiger partial charge in [0.2, 0.25) is 5.91 Å². The second-order valence-electron chi connectivity index (χ2n) is 6.03. The molecule has 0 aromatic heterocycles. The number of benzene rings is 2. The maximum Gasteiger partial charge on any atom is 0.308 e. The van der Waals surface area contributed by atoms with Crippen molar-refractivity contribution in [2.24, 2.45) is 5.92 Å². The number of nitrogens with zero attached hydrogens (tertiary/aromatic N) is 1. The molecule has 0 fully saturated rings. The first-order valence-electron chi connectivity index (χ1n) is 8.17. The fraction of sp³-hybridized carbons (Fsp3) is 0.300. The van der Waals surface area contributed by atoms with E-state index in [2.05, 4.69) is 0 Å². The Morgan fingerprint density at radius 3 is 1.92 bits per heavy atom. The molecule has 0 saturated carbocycles. The minimum absolute atomic E-state index is 0.114. The van der Waals surface area contributed by atoms with Crippen molar-refractivity contribution in [2.75, 3.05) is 20.2 Å². The van der Waals surface area contributed by atoms with Gasteiger partial charge in [0, 0.05) is 13.6 Å². The van der Waals surface area contributed by atoms with Crippen LogP contribution in [0.3, 0.4) is 0 Å². The minimum Gasteiger partial charge on any atom is -0.481 e. The molecule has 5 nitrogen and oxygen atoms in total. The van der Waals surface area contributed by atoms with Crippen LogP contribution in [0.25, 0.3) is 0 Å². The fourth-order valence-corrected chi connectivity index (χ4v) is 2.50. The first-order valence-corrected chi connectivity index (χ1v) is 8.17. The van der Waals surface area contributed by atoms with Crippen molar-refractivity contribution in [1.29, 1.82) is 0 Å². The number of amides is 1. The van der Waals surface area contributed by atoms with Crippen molar-refractivity contribution in [2.45, 2.75) is 13.0 Å². The van der Waals surface area contributed by atoms with Crippen LogP contribution in [0.15, 0.2) is 60.7 Å². The van der Waals surface area contributed by atoms with Gasteiger partial charge < -0.3 is 14.7 Å². The summed E-state index contributed by atoms with van der Waals surface area (Å²) in [5.41, 5.74) is 1.92. The molecule has 2 rings (SSSR count). The number of carboxylic acid groups (broad SMARTS) is 1. The van der Waals surface area contributed by atoms with Gasteiger partial charge >= 0.3 is 5.97 Å². The molecule has 1 unspecified atom stereocenters. The number of rotatable bonds is 8. The average Bonchev–Trinajstić information content (AvgIpc) is 2.63. The number of hydrogen-bond acceptors (Lipinski definition) is 3. The summed E-state index contributed by atoms with van der Waals surface area (Å²) in [5, 5.41) is 8.96. The molecule has 0 aliphatic rings. The van der Waals surface area contributed by atoms with E-state index in [1.165, 1.54) is 4.90 Å². The third-order valence-electron chi connectivity index (χ3n) is 3.97. The Labute approximate surface area is 147 Å². The van der Waals surface area contributed by atoms with E-state index in [-0.39, 0.29) is 25.2 Å². The van der Waals surface area contributed by atoms with Gasteiger partial charge in [-0.25, -0.2) is 0 Å². The molecule has 0 spiro atoms. The third kappa shape index (κ3) is 5.43. The zero-order valence-electron chi connectivity index (χ0n) is 14.5. The van der Waals surface area contributed by atoms with Crippen LogP contribution >= 0.6 is 0 Å².